The van der Waals surface area contributed by atoms with Crippen LogP contribution in [0.15, 0.2) is 17.8 Å². The largest absolute Gasteiger partial charge is 0.355 e. The number of piperidine rings is 1. The van der Waals surface area contributed by atoms with Gasteiger partial charge in [-0.05, 0) is 43.0 Å². The first-order valence-electron chi connectivity index (χ1n) is 10.2. The number of hydrogen-bond acceptors (Lipinski definition) is 6. The molecular formula is C20H30ClN5OS. The van der Waals surface area contributed by atoms with Crippen LogP contribution < -0.4 is 16.0 Å². The second-order valence-corrected chi connectivity index (χ2v) is 8.77. The van der Waals surface area contributed by atoms with E-state index >= 15 is 0 Å². The molecule has 8 heteroatoms. The van der Waals surface area contributed by atoms with Crippen molar-refractivity contribution in [2.75, 3.05) is 24.5 Å². The summed E-state index contributed by atoms with van der Waals surface area (Å²) >= 11 is 1.63. The number of carbonyl (C=O) groups is 1. The average molecular weight is 424 g/mol. The normalized spacial score (nSPS) is 21.9. The number of aromatic nitrogens is 2. The standard InChI is InChI=1S/C20H29N5OS.ClH/c21-11-17(14-5-2-1-3-6-14)24-19(26)15-7-4-9-25(12-15)18-16-8-10-27-20(16)23-13-22-18;/h8,10,13-15,17H,1-7,9,11-12,21H2,(H,24,26);1H. The first kappa shape index (κ1) is 21.3. The fourth-order valence-electron chi connectivity index (χ4n) is 4.62. The SMILES string of the molecule is Cl.NCC(NC(=O)C1CCCN(c2ncnc3sccc23)C1)C1CCCCC1. The molecule has 1 amide bonds. The minimum Gasteiger partial charge on any atom is -0.355 e. The molecule has 4 rings (SSSR count). The number of nitrogens with one attached hydrogen (secondary N) is 1. The van der Waals surface area contributed by atoms with E-state index in [4.69, 9.17) is 5.73 Å². The lowest BCUT2D eigenvalue weighted by molar-refractivity contribution is -0.126. The van der Waals surface area contributed by atoms with E-state index in [-0.39, 0.29) is 30.3 Å². The molecule has 2 unspecified atom stereocenters. The van der Waals surface area contributed by atoms with E-state index in [1.807, 2.05) is 5.38 Å². The van der Waals surface area contributed by atoms with Crippen molar-refractivity contribution < 1.29 is 4.79 Å². The molecule has 28 heavy (non-hydrogen) atoms. The van der Waals surface area contributed by atoms with Crippen LogP contribution in [0, 0.1) is 11.8 Å². The van der Waals surface area contributed by atoms with Crippen LogP contribution in [0.5, 0.6) is 0 Å². The molecule has 0 spiro atoms. The Kier molecular flexibility index (Phi) is 7.48. The summed E-state index contributed by atoms with van der Waals surface area (Å²) in [6.07, 6.45) is 9.79. The van der Waals surface area contributed by atoms with Crippen LogP contribution in [0.1, 0.15) is 44.9 Å². The minimum atomic E-state index is 0. The van der Waals surface area contributed by atoms with Crippen LogP contribution in [0.3, 0.4) is 0 Å². The Balaban J connectivity index is 0.00000225. The number of hydrogen-bond donors (Lipinski definition) is 2. The molecule has 154 valence electrons. The molecule has 1 aliphatic carbocycles. The quantitative estimate of drug-likeness (QED) is 0.770. The summed E-state index contributed by atoms with van der Waals surface area (Å²) in [5.41, 5.74) is 6.01. The summed E-state index contributed by atoms with van der Waals surface area (Å²) in [7, 11) is 0. The van der Waals surface area contributed by atoms with Crippen LogP contribution in [0.4, 0.5) is 5.82 Å². The highest BCUT2D eigenvalue weighted by Gasteiger charge is 2.31. The van der Waals surface area contributed by atoms with E-state index in [0.717, 1.165) is 42.0 Å². The zero-order valence-corrected chi connectivity index (χ0v) is 17.8. The number of anilines is 1. The van der Waals surface area contributed by atoms with Gasteiger partial charge in [-0.25, -0.2) is 9.97 Å². The van der Waals surface area contributed by atoms with Gasteiger partial charge in [0.05, 0.1) is 11.3 Å². The molecule has 2 fully saturated rings. The molecule has 3 N–H and O–H groups in total. The summed E-state index contributed by atoms with van der Waals surface area (Å²) in [6.45, 7) is 2.19. The van der Waals surface area contributed by atoms with Crippen LogP contribution in [-0.4, -0.2) is 41.6 Å². The number of amides is 1. The van der Waals surface area contributed by atoms with E-state index in [0.29, 0.717) is 12.5 Å². The lowest BCUT2D eigenvalue weighted by Gasteiger charge is -2.35. The molecule has 6 nitrogen and oxygen atoms in total. The Labute approximate surface area is 176 Å². The first-order chi connectivity index (χ1) is 13.3. The fraction of sp³-hybridized carbons (Fsp3) is 0.650. The van der Waals surface area contributed by atoms with Gasteiger partial charge < -0.3 is 16.0 Å². The Bertz CT molecular complexity index is 779. The Morgan fingerprint density at radius 1 is 1.25 bits per heavy atom. The van der Waals surface area contributed by atoms with E-state index in [1.165, 1.54) is 32.1 Å². The van der Waals surface area contributed by atoms with E-state index < -0.39 is 0 Å². The average Bonchev–Trinajstić information content (AvgIpc) is 3.21. The molecule has 0 radical (unpaired) electrons. The summed E-state index contributed by atoms with van der Waals surface area (Å²) in [5.74, 6) is 1.66. The monoisotopic (exact) mass is 423 g/mol. The number of nitrogens with two attached hydrogens (primary N) is 1. The van der Waals surface area contributed by atoms with Crippen LogP contribution >= 0.6 is 23.7 Å². The van der Waals surface area contributed by atoms with Gasteiger partial charge in [0.2, 0.25) is 5.91 Å². The van der Waals surface area contributed by atoms with Crippen molar-refractivity contribution in [2.24, 2.45) is 17.6 Å². The molecule has 2 atom stereocenters. The van der Waals surface area contributed by atoms with Gasteiger partial charge in [-0.1, -0.05) is 19.3 Å². The Morgan fingerprint density at radius 2 is 2.07 bits per heavy atom. The van der Waals surface area contributed by atoms with Crippen molar-refractivity contribution in [1.29, 1.82) is 0 Å². The maximum Gasteiger partial charge on any atom is 0.225 e. The number of rotatable bonds is 5. The summed E-state index contributed by atoms with van der Waals surface area (Å²) in [4.78, 5) is 25.1. The van der Waals surface area contributed by atoms with Gasteiger partial charge in [0, 0.05) is 25.7 Å². The van der Waals surface area contributed by atoms with Crippen LogP contribution in [0.2, 0.25) is 0 Å². The molecule has 0 aromatic carbocycles. The third-order valence-electron chi connectivity index (χ3n) is 6.13. The molecule has 3 heterocycles. The Morgan fingerprint density at radius 3 is 2.86 bits per heavy atom. The van der Waals surface area contributed by atoms with Crippen molar-refractivity contribution in [2.45, 2.75) is 51.0 Å². The van der Waals surface area contributed by atoms with Crippen LogP contribution in [0.25, 0.3) is 10.2 Å². The van der Waals surface area contributed by atoms with Crippen molar-refractivity contribution in [3.05, 3.63) is 17.8 Å². The summed E-state index contributed by atoms with van der Waals surface area (Å²) in [6, 6.07) is 2.20. The van der Waals surface area contributed by atoms with Crippen molar-refractivity contribution in [3.8, 4) is 0 Å². The number of fused-ring (bicyclic) bond motifs is 1. The van der Waals surface area contributed by atoms with Crippen molar-refractivity contribution in [1.82, 2.24) is 15.3 Å². The second-order valence-electron chi connectivity index (χ2n) is 7.87. The number of halogens is 1. The van der Waals surface area contributed by atoms with Gasteiger partial charge in [-0.2, -0.15) is 0 Å². The third kappa shape index (κ3) is 4.58. The molecular weight excluding hydrogens is 394 g/mol. The fourth-order valence-corrected chi connectivity index (χ4v) is 5.35. The molecule has 1 aliphatic heterocycles. The summed E-state index contributed by atoms with van der Waals surface area (Å²) in [5, 5.41) is 6.43. The van der Waals surface area contributed by atoms with E-state index in [1.54, 1.807) is 17.7 Å². The minimum absolute atomic E-state index is 0. The van der Waals surface area contributed by atoms with Gasteiger partial charge in [-0.3, -0.25) is 4.79 Å². The number of nitrogens with zero attached hydrogens (tertiary/aromatic N) is 3. The molecule has 0 bridgehead atoms. The second kappa shape index (κ2) is 9.85. The zero-order valence-electron chi connectivity index (χ0n) is 16.2. The van der Waals surface area contributed by atoms with Gasteiger partial charge in [0.1, 0.15) is 17.0 Å². The molecule has 1 saturated heterocycles. The van der Waals surface area contributed by atoms with Gasteiger partial charge in [-0.15, -0.1) is 23.7 Å². The van der Waals surface area contributed by atoms with Crippen molar-refractivity contribution >= 4 is 45.7 Å². The lowest BCUT2D eigenvalue weighted by atomic mass is 9.83. The van der Waals surface area contributed by atoms with Gasteiger partial charge in [0.25, 0.3) is 0 Å². The van der Waals surface area contributed by atoms with E-state index in [9.17, 15) is 4.79 Å². The Hall–Kier alpha value is -1.44. The van der Waals surface area contributed by atoms with E-state index in [2.05, 4.69) is 26.3 Å². The van der Waals surface area contributed by atoms with Crippen LogP contribution in [-0.2, 0) is 4.79 Å². The summed E-state index contributed by atoms with van der Waals surface area (Å²) < 4.78 is 0. The van der Waals surface area contributed by atoms with Gasteiger partial charge >= 0.3 is 0 Å². The maximum absolute atomic E-state index is 13.0. The predicted octanol–water partition coefficient (Wildman–Crippen LogP) is 3.35. The lowest BCUT2D eigenvalue weighted by Crippen LogP contribution is -2.51. The smallest absolute Gasteiger partial charge is 0.225 e. The third-order valence-corrected chi connectivity index (χ3v) is 6.95. The first-order valence-corrected chi connectivity index (χ1v) is 11.1. The topological polar surface area (TPSA) is 84.1 Å². The van der Waals surface area contributed by atoms with Crippen molar-refractivity contribution in [3.63, 3.8) is 0 Å². The molecule has 2 aromatic rings. The maximum atomic E-state index is 13.0. The number of thiophene rings is 1. The predicted molar refractivity (Wildman–Crippen MR) is 117 cm³/mol. The number of carbonyl (C=O) groups excluding carboxylic acids is 1. The van der Waals surface area contributed by atoms with Gasteiger partial charge in [0.15, 0.2) is 0 Å². The molecule has 2 aromatic heterocycles. The highest BCUT2D eigenvalue weighted by molar-refractivity contribution is 7.16. The highest BCUT2D eigenvalue weighted by atomic mass is 35.5. The highest BCUT2D eigenvalue weighted by Crippen LogP contribution is 2.30. The zero-order chi connectivity index (χ0) is 18.6. The molecule has 1 saturated carbocycles. The molecule has 2 aliphatic rings.